The molecule has 1 N–H and O–H groups in total. The quantitative estimate of drug-likeness (QED) is 0.562. The van der Waals surface area contributed by atoms with E-state index in [1.807, 2.05) is 30.0 Å². The van der Waals surface area contributed by atoms with Crippen LogP contribution in [0.4, 0.5) is 15.8 Å². The van der Waals surface area contributed by atoms with Gasteiger partial charge in [0.1, 0.15) is 12.4 Å². The lowest BCUT2D eigenvalue weighted by Crippen LogP contribution is -2.37. The van der Waals surface area contributed by atoms with Crippen LogP contribution in [-0.2, 0) is 6.42 Å². The number of aliphatic hydroxyl groups is 1. The van der Waals surface area contributed by atoms with Crippen molar-refractivity contribution in [2.45, 2.75) is 45.1 Å². The lowest BCUT2D eigenvalue weighted by molar-refractivity contribution is 0.0978. The maximum atomic E-state index is 13.3. The number of hydrogen-bond acceptors (Lipinski definition) is 5. The first kappa shape index (κ1) is 25.0. The Morgan fingerprint density at radius 3 is 2.61 bits per heavy atom. The van der Waals surface area contributed by atoms with E-state index in [1.54, 1.807) is 0 Å². The topological polar surface area (TPSA) is 56.3 Å². The molecule has 0 aromatic heterocycles. The van der Waals surface area contributed by atoms with Gasteiger partial charge in [-0.15, -0.1) is 0 Å². The number of benzene rings is 2. The van der Waals surface area contributed by atoms with Gasteiger partial charge < -0.3 is 24.5 Å². The van der Waals surface area contributed by atoms with Crippen LogP contribution in [0.1, 0.15) is 48.5 Å². The molecule has 3 heterocycles. The normalized spacial score (nSPS) is 22.9. The third kappa shape index (κ3) is 5.23. The van der Waals surface area contributed by atoms with Gasteiger partial charge in [0, 0.05) is 55.1 Å². The standard InChI is InChI=1S/C29H38FN3O3/c1-2-25(34)19-36-26-8-9-27-22(18-26)10-15-33(28(27)35)24-6-4-23(5-7-24)32-17-12-29(21-32)11-16-31(20-29)14-3-13-30/h4-9,18,25,34H,2-3,10-17,19-21H2,1H3/t25-,29-/m0/s1. The number of ether oxygens (including phenoxy) is 1. The van der Waals surface area contributed by atoms with Gasteiger partial charge in [-0.2, -0.15) is 0 Å². The van der Waals surface area contributed by atoms with Crippen LogP contribution in [0.25, 0.3) is 0 Å². The molecule has 2 saturated heterocycles. The molecule has 1 amide bonds. The number of likely N-dealkylation sites (tertiary alicyclic amines) is 1. The molecule has 5 rings (SSSR count). The Labute approximate surface area is 213 Å². The van der Waals surface area contributed by atoms with Crippen molar-refractivity contribution in [1.29, 1.82) is 0 Å². The zero-order valence-electron chi connectivity index (χ0n) is 21.3. The number of nitrogens with zero attached hydrogens (tertiary/aromatic N) is 3. The van der Waals surface area contributed by atoms with Gasteiger partial charge in [0.15, 0.2) is 0 Å². The fraction of sp³-hybridized carbons (Fsp3) is 0.552. The number of fused-ring (bicyclic) bond motifs is 1. The molecule has 0 aliphatic carbocycles. The highest BCUT2D eigenvalue weighted by Gasteiger charge is 2.43. The predicted octanol–water partition coefficient (Wildman–Crippen LogP) is 4.30. The highest BCUT2D eigenvalue weighted by atomic mass is 19.1. The lowest BCUT2D eigenvalue weighted by atomic mass is 9.86. The Hall–Kier alpha value is -2.64. The number of carbonyl (C=O) groups is 1. The number of halogens is 1. The van der Waals surface area contributed by atoms with Gasteiger partial charge in [0.25, 0.3) is 5.91 Å². The number of alkyl halides is 1. The lowest BCUT2D eigenvalue weighted by Gasteiger charge is -2.30. The number of aliphatic hydroxyl groups excluding tert-OH is 1. The maximum absolute atomic E-state index is 13.3. The van der Waals surface area contributed by atoms with E-state index in [2.05, 4.69) is 34.1 Å². The average Bonchev–Trinajstić information content (AvgIpc) is 3.52. The molecule has 2 aromatic rings. The molecule has 0 unspecified atom stereocenters. The van der Waals surface area contributed by atoms with Crippen LogP contribution < -0.4 is 14.5 Å². The van der Waals surface area contributed by atoms with E-state index in [0.717, 1.165) is 50.4 Å². The second-order valence-corrected chi connectivity index (χ2v) is 10.7. The van der Waals surface area contributed by atoms with Crippen molar-refractivity contribution in [3.05, 3.63) is 53.6 Å². The third-order valence-electron chi connectivity index (χ3n) is 8.16. The van der Waals surface area contributed by atoms with Crippen LogP contribution in [0.2, 0.25) is 0 Å². The molecule has 0 saturated carbocycles. The first-order valence-corrected chi connectivity index (χ1v) is 13.4. The summed E-state index contributed by atoms with van der Waals surface area (Å²) in [7, 11) is 0. The van der Waals surface area contributed by atoms with Crippen LogP contribution in [-0.4, -0.2) is 74.6 Å². The Kier molecular flexibility index (Phi) is 7.49. The van der Waals surface area contributed by atoms with Crippen LogP contribution in [0.5, 0.6) is 5.75 Å². The van der Waals surface area contributed by atoms with Crippen molar-refractivity contribution < 1.29 is 19.0 Å². The predicted molar refractivity (Wildman–Crippen MR) is 141 cm³/mol. The summed E-state index contributed by atoms with van der Waals surface area (Å²) in [5.41, 5.74) is 4.18. The summed E-state index contributed by atoms with van der Waals surface area (Å²) >= 11 is 0. The van der Waals surface area contributed by atoms with Gasteiger partial charge >= 0.3 is 0 Å². The van der Waals surface area contributed by atoms with E-state index >= 15 is 0 Å². The summed E-state index contributed by atoms with van der Waals surface area (Å²) in [4.78, 5) is 20.0. The van der Waals surface area contributed by atoms with Gasteiger partial charge in [-0.1, -0.05) is 6.92 Å². The fourth-order valence-electron chi connectivity index (χ4n) is 5.95. The zero-order valence-corrected chi connectivity index (χ0v) is 21.3. The van der Waals surface area contributed by atoms with Crippen molar-refractivity contribution in [3.8, 4) is 5.75 Å². The van der Waals surface area contributed by atoms with Gasteiger partial charge in [-0.05, 0) is 86.7 Å². The summed E-state index contributed by atoms with van der Waals surface area (Å²) in [5.74, 6) is 0.714. The van der Waals surface area contributed by atoms with E-state index in [4.69, 9.17) is 4.74 Å². The minimum Gasteiger partial charge on any atom is -0.491 e. The zero-order chi connectivity index (χ0) is 25.1. The summed E-state index contributed by atoms with van der Waals surface area (Å²) in [6, 6.07) is 14.0. The number of hydrogen-bond donors (Lipinski definition) is 1. The molecule has 2 atom stereocenters. The first-order chi connectivity index (χ1) is 17.5. The molecule has 36 heavy (non-hydrogen) atoms. The minimum absolute atomic E-state index is 0.0172. The van der Waals surface area contributed by atoms with Crippen molar-refractivity contribution >= 4 is 17.3 Å². The van der Waals surface area contributed by atoms with Gasteiger partial charge in [0.05, 0.1) is 12.8 Å². The Bertz CT molecular complexity index is 1060. The molecular weight excluding hydrogens is 457 g/mol. The second kappa shape index (κ2) is 10.8. The van der Waals surface area contributed by atoms with Gasteiger partial charge in [0.2, 0.25) is 0 Å². The van der Waals surface area contributed by atoms with Crippen molar-refractivity contribution in [2.24, 2.45) is 5.41 Å². The Balaban J connectivity index is 1.21. The van der Waals surface area contributed by atoms with Gasteiger partial charge in [-0.25, -0.2) is 0 Å². The van der Waals surface area contributed by atoms with E-state index in [1.165, 1.54) is 18.5 Å². The molecule has 6 nitrogen and oxygen atoms in total. The number of rotatable bonds is 9. The van der Waals surface area contributed by atoms with E-state index in [0.29, 0.717) is 36.1 Å². The van der Waals surface area contributed by atoms with Crippen LogP contribution in [0, 0.1) is 5.41 Å². The van der Waals surface area contributed by atoms with Crippen LogP contribution in [0.15, 0.2) is 42.5 Å². The van der Waals surface area contributed by atoms with Crippen LogP contribution in [0.3, 0.4) is 0 Å². The molecule has 1 spiro atoms. The molecular formula is C29H38FN3O3. The van der Waals surface area contributed by atoms with Crippen molar-refractivity contribution in [1.82, 2.24) is 4.90 Å². The third-order valence-corrected chi connectivity index (χ3v) is 8.16. The second-order valence-electron chi connectivity index (χ2n) is 10.7. The highest BCUT2D eigenvalue weighted by molar-refractivity contribution is 6.08. The SMILES string of the molecule is CC[C@H](O)COc1ccc2c(c1)CCN(c1ccc(N3CC[C@]4(CCN(CCCF)C4)C3)cc1)C2=O. The smallest absolute Gasteiger partial charge is 0.258 e. The summed E-state index contributed by atoms with van der Waals surface area (Å²) in [5, 5.41) is 9.74. The minimum atomic E-state index is -0.479. The molecule has 0 bridgehead atoms. The Morgan fingerprint density at radius 1 is 1.06 bits per heavy atom. The number of carbonyl (C=O) groups excluding carboxylic acids is 1. The summed E-state index contributed by atoms with van der Waals surface area (Å²) in [6.07, 6.45) is 3.96. The van der Waals surface area contributed by atoms with Crippen molar-refractivity contribution in [3.63, 3.8) is 0 Å². The maximum Gasteiger partial charge on any atom is 0.258 e. The highest BCUT2D eigenvalue weighted by Crippen LogP contribution is 2.41. The number of amides is 1. The molecule has 2 aromatic carbocycles. The first-order valence-electron chi connectivity index (χ1n) is 13.4. The monoisotopic (exact) mass is 495 g/mol. The molecule has 194 valence electrons. The largest absolute Gasteiger partial charge is 0.491 e. The van der Waals surface area contributed by atoms with E-state index in [9.17, 15) is 14.3 Å². The fourth-order valence-corrected chi connectivity index (χ4v) is 5.95. The molecule has 0 radical (unpaired) electrons. The average molecular weight is 496 g/mol. The summed E-state index contributed by atoms with van der Waals surface area (Å²) in [6.45, 7) is 7.71. The number of anilines is 2. The summed E-state index contributed by atoms with van der Waals surface area (Å²) < 4.78 is 18.3. The molecule has 3 aliphatic heterocycles. The molecule has 3 aliphatic rings. The molecule has 2 fully saturated rings. The van der Waals surface area contributed by atoms with E-state index in [-0.39, 0.29) is 19.2 Å². The van der Waals surface area contributed by atoms with Crippen molar-refractivity contribution in [2.75, 3.05) is 62.3 Å². The van der Waals surface area contributed by atoms with E-state index < -0.39 is 6.10 Å². The van der Waals surface area contributed by atoms with Gasteiger partial charge in [-0.3, -0.25) is 9.18 Å². The molecule has 7 heteroatoms. The Morgan fingerprint density at radius 2 is 1.83 bits per heavy atom. The van der Waals surface area contributed by atoms with Crippen LogP contribution >= 0.6 is 0 Å².